The van der Waals surface area contributed by atoms with E-state index in [0.29, 0.717) is 5.56 Å². The highest BCUT2D eigenvalue weighted by molar-refractivity contribution is 9.10. The predicted octanol–water partition coefficient (Wildman–Crippen LogP) is 2.25. The highest BCUT2D eigenvalue weighted by Gasteiger charge is 2.59. The summed E-state index contributed by atoms with van der Waals surface area (Å²) in [5.41, 5.74) is 1.13. The fourth-order valence-electron chi connectivity index (χ4n) is 2.20. The number of hydrogen-bond donors (Lipinski definition) is 0. The summed E-state index contributed by atoms with van der Waals surface area (Å²) < 4.78 is 0.857. The summed E-state index contributed by atoms with van der Waals surface area (Å²) in [6.45, 7) is 0. The van der Waals surface area contributed by atoms with Crippen LogP contribution in [0, 0.1) is 0 Å². The lowest BCUT2D eigenvalue weighted by atomic mass is 9.98. The lowest BCUT2D eigenvalue weighted by Crippen LogP contribution is -2.18. The summed E-state index contributed by atoms with van der Waals surface area (Å²) in [6.07, 6.45) is 1.68. The molecule has 3 rings (SSSR count). The van der Waals surface area contributed by atoms with Crippen LogP contribution in [0.2, 0.25) is 0 Å². The van der Waals surface area contributed by atoms with Crippen molar-refractivity contribution in [1.29, 1.82) is 0 Å². The van der Waals surface area contributed by atoms with E-state index in [1.807, 2.05) is 12.1 Å². The number of rotatable bonds is 0. The maximum Gasteiger partial charge on any atom is 0.229 e. The molecule has 2 aliphatic rings. The summed E-state index contributed by atoms with van der Waals surface area (Å²) >= 11 is 3.31. The summed E-state index contributed by atoms with van der Waals surface area (Å²) in [5, 5.41) is 0. The van der Waals surface area contributed by atoms with Crippen molar-refractivity contribution in [1.82, 2.24) is 0 Å². The second kappa shape index (κ2) is 2.34. The summed E-state index contributed by atoms with van der Waals surface area (Å²) in [4.78, 5) is 23.3. The Kier molecular flexibility index (Phi) is 1.40. The number of fused-ring (bicyclic) bond motifs is 2. The van der Waals surface area contributed by atoms with E-state index in [2.05, 4.69) is 15.9 Å². The van der Waals surface area contributed by atoms with Gasteiger partial charge in [-0.05, 0) is 30.5 Å². The molecule has 2 nitrogen and oxygen atoms in total. The number of halogens is 1. The number of carbonyl (C=O) groups excluding carboxylic acids is 2. The Morgan fingerprint density at radius 2 is 1.93 bits per heavy atom. The number of hydrogen-bond acceptors (Lipinski definition) is 2. The van der Waals surface area contributed by atoms with Crippen molar-refractivity contribution < 1.29 is 9.59 Å². The third-order valence-electron chi connectivity index (χ3n) is 3.13. The Morgan fingerprint density at radius 3 is 2.57 bits per heavy atom. The van der Waals surface area contributed by atoms with Gasteiger partial charge in [-0.1, -0.05) is 22.0 Å². The molecule has 0 bridgehead atoms. The second-order valence-corrected chi connectivity index (χ2v) is 4.85. The van der Waals surface area contributed by atoms with Crippen molar-refractivity contribution in [3.8, 4) is 0 Å². The Labute approximate surface area is 89.4 Å². The number of benzene rings is 1. The van der Waals surface area contributed by atoms with Crippen molar-refractivity contribution >= 4 is 27.5 Å². The van der Waals surface area contributed by atoms with Gasteiger partial charge in [0.1, 0.15) is 0 Å². The molecule has 0 heterocycles. The molecule has 1 saturated carbocycles. The van der Waals surface area contributed by atoms with Crippen molar-refractivity contribution in [3.63, 3.8) is 0 Å². The Hall–Kier alpha value is -0.960. The molecule has 0 aliphatic heterocycles. The average molecular weight is 251 g/mol. The first-order chi connectivity index (χ1) is 6.65. The fraction of sp³-hybridized carbons (Fsp3) is 0.273. The van der Waals surface area contributed by atoms with Crippen molar-refractivity contribution in [2.45, 2.75) is 18.3 Å². The molecule has 1 aromatic carbocycles. The average Bonchev–Trinajstić information content (AvgIpc) is 2.93. The molecule has 1 fully saturated rings. The lowest BCUT2D eigenvalue weighted by molar-refractivity contribution is -0.116. The minimum atomic E-state index is -0.410. The van der Waals surface area contributed by atoms with Gasteiger partial charge in [-0.3, -0.25) is 9.59 Å². The molecule has 0 radical (unpaired) electrons. The Morgan fingerprint density at radius 1 is 1.21 bits per heavy atom. The zero-order chi connectivity index (χ0) is 9.92. The highest BCUT2D eigenvalue weighted by Crippen LogP contribution is 2.54. The van der Waals surface area contributed by atoms with E-state index in [-0.39, 0.29) is 11.6 Å². The Bertz CT molecular complexity index is 472. The van der Waals surface area contributed by atoms with Crippen LogP contribution in [0.3, 0.4) is 0 Å². The molecule has 0 atom stereocenters. The van der Waals surface area contributed by atoms with Gasteiger partial charge in [0.15, 0.2) is 0 Å². The van der Waals surface area contributed by atoms with Gasteiger partial charge in [0.2, 0.25) is 11.6 Å². The van der Waals surface area contributed by atoms with Crippen molar-refractivity contribution in [2.75, 3.05) is 0 Å². The summed E-state index contributed by atoms with van der Waals surface area (Å²) in [5.74, 6) is -0.510. The van der Waals surface area contributed by atoms with Crippen molar-refractivity contribution in [2.24, 2.45) is 0 Å². The normalized spacial score (nSPS) is 21.5. The van der Waals surface area contributed by atoms with Crippen LogP contribution in [0.15, 0.2) is 22.7 Å². The fourth-order valence-corrected chi connectivity index (χ4v) is 2.57. The largest absolute Gasteiger partial charge is 0.289 e. The van der Waals surface area contributed by atoms with E-state index in [1.165, 1.54) is 0 Å². The van der Waals surface area contributed by atoms with Gasteiger partial charge in [-0.2, -0.15) is 0 Å². The van der Waals surface area contributed by atoms with Gasteiger partial charge in [-0.25, -0.2) is 0 Å². The molecule has 1 aromatic rings. The van der Waals surface area contributed by atoms with Gasteiger partial charge in [0.05, 0.1) is 5.41 Å². The van der Waals surface area contributed by atoms with E-state index in [4.69, 9.17) is 0 Å². The van der Waals surface area contributed by atoms with Crippen LogP contribution in [0.1, 0.15) is 28.8 Å². The van der Waals surface area contributed by atoms with E-state index in [0.717, 1.165) is 22.9 Å². The molecule has 0 amide bonds. The van der Waals surface area contributed by atoms with Crippen LogP contribution >= 0.6 is 15.9 Å². The SMILES string of the molecule is O=C1C(=O)C2(CC2)c2ccc(Br)cc21. The highest BCUT2D eigenvalue weighted by atomic mass is 79.9. The minimum absolute atomic E-state index is 0.203. The van der Waals surface area contributed by atoms with Gasteiger partial charge >= 0.3 is 0 Å². The third kappa shape index (κ3) is 0.811. The first-order valence-electron chi connectivity index (χ1n) is 4.54. The standard InChI is InChI=1S/C11H7BrO2/c12-6-1-2-8-7(5-6)9(13)10(14)11(8)3-4-11/h1-2,5H,3-4H2. The van der Waals surface area contributed by atoms with Gasteiger partial charge in [0, 0.05) is 10.0 Å². The molecule has 0 aromatic heterocycles. The van der Waals surface area contributed by atoms with Crippen LogP contribution in [0.25, 0.3) is 0 Å². The van der Waals surface area contributed by atoms with E-state index >= 15 is 0 Å². The second-order valence-electron chi connectivity index (χ2n) is 3.93. The van der Waals surface area contributed by atoms with E-state index < -0.39 is 5.41 Å². The van der Waals surface area contributed by atoms with Crippen LogP contribution in [-0.2, 0) is 10.2 Å². The third-order valence-corrected chi connectivity index (χ3v) is 3.63. The first-order valence-corrected chi connectivity index (χ1v) is 5.34. The topological polar surface area (TPSA) is 34.1 Å². The van der Waals surface area contributed by atoms with E-state index in [9.17, 15) is 9.59 Å². The van der Waals surface area contributed by atoms with Gasteiger partial charge in [0.25, 0.3) is 0 Å². The van der Waals surface area contributed by atoms with Crippen molar-refractivity contribution in [3.05, 3.63) is 33.8 Å². The van der Waals surface area contributed by atoms with E-state index in [1.54, 1.807) is 6.07 Å². The predicted molar refractivity (Wildman–Crippen MR) is 54.4 cm³/mol. The number of carbonyl (C=O) groups is 2. The van der Waals surface area contributed by atoms with Gasteiger partial charge < -0.3 is 0 Å². The molecule has 0 unspecified atom stereocenters. The molecule has 14 heavy (non-hydrogen) atoms. The maximum atomic E-state index is 11.7. The smallest absolute Gasteiger partial charge is 0.229 e. The summed E-state index contributed by atoms with van der Waals surface area (Å²) in [7, 11) is 0. The van der Waals surface area contributed by atoms with Crippen LogP contribution < -0.4 is 0 Å². The first kappa shape index (κ1) is 8.36. The van der Waals surface area contributed by atoms with Gasteiger partial charge in [-0.15, -0.1) is 0 Å². The maximum absolute atomic E-state index is 11.7. The quantitative estimate of drug-likeness (QED) is 0.662. The molecule has 1 spiro atoms. The van der Waals surface area contributed by atoms with Crippen LogP contribution in [0.5, 0.6) is 0 Å². The molecule has 3 heteroatoms. The lowest BCUT2D eigenvalue weighted by Gasteiger charge is -2.03. The van der Waals surface area contributed by atoms with Crippen LogP contribution in [-0.4, -0.2) is 11.6 Å². The monoisotopic (exact) mass is 250 g/mol. The zero-order valence-corrected chi connectivity index (χ0v) is 8.93. The number of Topliss-reactive ketones (excluding diaryl/α,β-unsaturated/α-hetero) is 2. The minimum Gasteiger partial charge on any atom is -0.289 e. The molecule has 2 aliphatic carbocycles. The number of ketones is 2. The molecule has 0 N–H and O–H groups in total. The molecular weight excluding hydrogens is 244 g/mol. The zero-order valence-electron chi connectivity index (χ0n) is 7.34. The molecule has 70 valence electrons. The molecular formula is C11H7BrO2. The van der Waals surface area contributed by atoms with Crippen LogP contribution in [0.4, 0.5) is 0 Å². The molecule has 0 saturated heterocycles. The Balaban J connectivity index is 2.31. The summed E-state index contributed by atoms with van der Waals surface area (Å²) in [6, 6.07) is 5.54.